The van der Waals surface area contributed by atoms with Crippen LogP contribution < -0.4 is 5.32 Å². The molecule has 0 spiro atoms. The van der Waals surface area contributed by atoms with Crippen molar-refractivity contribution >= 4 is 11.7 Å². The van der Waals surface area contributed by atoms with E-state index >= 15 is 0 Å². The lowest BCUT2D eigenvalue weighted by molar-refractivity contribution is 0.125. The van der Waals surface area contributed by atoms with Crippen LogP contribution in [-0.2, 0) is 6.42 Å². The Kier molecular flexibility index (Phi) is 5.83. The van der Waals surface area contributed by atoms with Crippen molar-refractivity contribution in [1.82, 2.24) is 4.90 Å². The van der Waals surface area contributed by atoms with E-state index in [9.17, 15) is 9.90 Å². The molecule has 2 N–H and O–H groups in total. The Labute approximate surface area is 115 Å². The number of nitrogens with one attached hydrogen (secondary N) is 1. The Balaban J connectivity index is 2.69. The third-order valence-corrected chi connectivity index (χ3v) is 2.96. The number of carbonyl (C=O) groups excluding carboxylic acids is 1. The molecule has 1 unspecified atom stereocenters. The molecule has 0 saturated carbocycles. The van der Waals surface area contributed by atoms with Crippen LogP contribution in [0.4, 0.5) is 10.5 Å². The smallest absolute Gasteiger partial charge is 0.322 e. The summed E-state index contributed by atoms with van der Waals surface area (Å²) >= 11 is 0. The van der Waals surface area contributed by atoms with Gasteiger partial charge in [0, 0.05) is 18.3 Å². The number of rotatable bonds is 5. The Morgan fingerprint density at radius 1 is 1.26 bits per heavy atom. The highest BCUT2D eigenvalue weighted by Crippen LogP contribution is 2.12. The summed E-state index contributed by atoms with van der Waals surface area (Å²) in [4.78, 5) is 13.8. The molecule has 106 valence electrons. The van der Waals surface area contributed by atoms with Crippen LogP contribution >= 0.6 is 0 Å². The van der Waals surface area contributed by atoms with E-state index in [4.69, 9.17) is 0 Å². The fourth-order valence-electron chi connectivity index (χ4n) is 1.83. The molecule has 0 aliphatic carbocycles. The van der Waals surface area contributed by atoms with Crippen LogP contribution in [0.1, 0.15) is 33.3 Å². The fraction of sp³-hybridized carbons (Fsp3) is 0.533. The number of amides is 2. The van der Waals surface area contributed by atoms with Crippen LogP contribution in [0.25, 0.3) is 0 Å². The number of anilines is 1. The van der Waals surface area contributed by atoms with Crippen LogP contribution in [0.5, 0.6) is 0 Å². The Hall–Kier alpha value is -1.55. The van der Waals surface area contributed by atoms with Crippen molar-refractivity contribution < 1.29 is 9.90 Å². The van der Waals surface area contributed by atoms with E-state index in [2.05, 4.69) is 12.2 Å². The van der Waals surface area contributed by atoms with Crippen molar-refractivity contribution in [1.29, 1.82) is 0 Å². The molecule has 1 aromatic rings. The SMILES string of the molecule is CCc1ccc(NC(=O)N(CC(C)O)C(C)C)cc1. The molecule has 4 nitrogen and oxygen atoms in total. The van der Waals surface area contributed by atoms with Gasteiger partial charge in [-0.15, -0.1) is 0 Å². The molecule has 0 aromatic heterocycles. The summed E-state index contributed by atoms with van der Waals surface area (Å²) in [5.74, 6) is 0. The first-order valence-corrected chi connectivity index (χ1v) is 6.78. The van der Waals surface area contributed by atoms with Crippen molar-refractivity contribution in [2.45, 2.75) is 46.3 Å². The van der Waals surface area contributed by atoms with Crippen molar-refractivity contribution in [3.8, 4) is 0 Å². The summed E-state index contributed by atoms with van der Waals surface area (Å²) in [6, 6.07) is 7.67. The third-order valence-electron chi connectivity index (χ3n) is 2.96. The molecule has 1 rings (SSSR count). The number of hydrogen-bond acceptors (Lipinski definition) is 2. The minimum Gasteiger partial charge on any atom is -0.392 e. The van der Waals surface area contributed by atoms with Gasteiger partial charge in [0.1, 0.15) is 0 Å². The van der Waals surface area contributed by atoms with Crippen molar-refractivity contribution in [2.75, 3.05) is 11.9 Å². The maximum absolute atomic E-state index is 12.1. The lowest BCUT2D eigenvalue weighted by atomic mass is 10.1. The zero-order chi connectivity index (χ0) is 14.4. The van der Waals surface area contributed by atoms with E-state index in [1.54, 1.807) is 11.8 Å². The highest BCUT2D eigenvalue weighted by molar-refractivity contribution is 5.89. The van der Waals surface area contributed by atoms with E-state index in [0.29, 0.717) is 6.54 Å². The van der Waals surface area contributed by atoms with Gasteiger partial charge in [0.05, 0.1) is 6.10 Å². The van der Waals surface area contributed by atoms with Gasteiger partial charge in [-0.25, -0.2) is 4.79 Å². The highest BCUT2D eigenvalue weighted by atomic mass is 16.3. The largest absolute Gasteiger partial charge is 0.392 e. The number of nitrogens with zero attached hydrogens (tertiary/aromatic N) is 1. The van der Waals surface area contributed by atoms with Gasteiger partial charge >= 0.3 is 6.03 Å². The molecule has 0 aliphatic rings. The predicted octanol–water partition coefficient (Wildman–Crippen LogP) is 2.87. The number of aryl methyl sites for hydroxylation is 1. The number of carbonyl (C=O) groups is 1. The fourth-order valence-corrected chi connectivity index (χ4v) is 1.83. The molecule has 2 amide bonds. The van der Waals surface area contributed by atoms with E-state index in [0.717, 1.165) is 12.1 Å². The van der Waals surface area contributed by atoms with E-state index in [1.165, 1.54) is 5.56 Å². The van der Waals surface area contributed by atoms with Crippen LogP contribution in [-0.4, -0.2) is 34.7 Å². The van der Waals surface area contributed by atoms with Crippen LogP contribution in [0.2, 0.25) is 0 Å². The number of aliphatic hydroxyl groups excluding tert-OH is 1. The van der Waals surface area contributed by atoms with Crippen molar-refractivity contribution in [3.63, 3.8) is 0 Å². The number of benzene rings is 1. The predicted molar refractivity (Wildman–Crippen MR) is 78.4 cm³/mol. The van der Waals surface area contributed by atoms with E-state index in [1.807, 2.05) is 38.1 Å². The summed E-state index contributed by atoms with van der Waals surface area (Å²) in [5.41, 5.74) is 2.01. The summed E-state index contributed by atoms with van der Waals surface area (Å²) < 4.78 is 0. The standard InChI is InChI=1S/C15H24N2O2/c1-5-13-6-8-14(9-7-13)16-15(19)17(11(2)3)10-12(4)18/h6-9,11-12,18H,5,10H2,1-4H3,(H,16,19). The second kappa shape index (κ2) is 7.14. The monoisotopic (exact) mass is 264 g/mol. The first kappa shape index (κ1) is 15.5. The number of hydrogen-bond donors (Lipinski definition) is 2. The summed E-state index contributed by atoms with van der Waals surface area (Å²) in [5, 5.41) is 12.3. The molecule has 4 heteroatoms. The zero-order valence-corrected chi connectivity index (χ0v) is 12.2. The second-order valence-electron chi connectivity index (χ2n) is 5.08. The van der Waals surface area contributed by atoms with Gasteiger partial charge in [-0.05, 0) is 44.9 Å². The van der Waals surface area contributed by atoms with Gasteiger partial charge in [-0.2, -0.15) is 0 Å². The number of urea groups is 1. The first-order chi connectivity index (χ1) is 8.93. The van der Waals surface area contributed by atoms with E-state index in [-0.39, 0.29) is 12.1 Å². The second-order valence-corrected chi connectivity index (χ2v) is 5.08. The summed E-state index contributed by atoms with van der Waals surface area (Å²) in [6.45, 7) is 7.97. The molecule has 19 heavy (non-hydrogen) atoms. The van der Waals surface area contributed by atoms with Gasteiger partial charge in [-0.3, -0.25) is 0 Å². The normalized spacial score (nSPS) is 12.3. The molecule has 1 atom stereocenters. The lowest BCUT2D eigenvalue weighted by Gasteiger charge is -2.28. The average Bonchev–Trinajstić information content (AvgIpc) is 2.36. The van der Waals surface area contributed by atoms with Gasteiger partial charge in [0.25, 0.3) is 0 Å². The minimum atomic E-state index is -0.532. The third kappa shape index (κ3) is 4.91. The molecule has 0 saturated heterocycles. The molecule has 0 aliphatic heterocycles. The summed E-state index contributed by atoms with van der Waals surface area (Å²) in [7, 11) is 0. The lowest BCUT2D eigenvalue weighted by Crippen LogP contribution is -2.43. The van der Waals surface area contributed by atoms with Gasteiger partial charge < -0.3 is 15.3 Å². The molecule has 0 radical (unpaired) electrons. The Morgan fingerprint density at radius 3 is 2.26 bits per heavy atom. The maximum atomic E-state index is 12.1. The maximum Gasteiger partial charge on any atom is 0.322 e. The van der Waals surface area contributed by atoms with Gasteiger partial charge in [-0.1, -0.05) is 19.1 Å². The molecule has 0 fully saturated rings. The van der Waals surface area contributed by atoms with Gasteiger partial charge in [0.15, 0.2) is 0 Å². The molecular weight excluding hydrogens is 240 g/mol. The quantitative estimate of drug-likeness (QED) is 0.859. The van der Waals surface area contributed by atoms with Crippen LogP contribution in [0, 0.1) is 0 Å². The molecule has 0 heterocycles. The molecular formula is C15H24N2O2. The van der Waals surface area contributed by atoms with Crippen molar-refractivity contribution in [2.24, 2.45) is 0 Å². The minimum absolute atomic E-state index is 0.0458. The molecule has 0 bridgehead atoms. The Morgan fingerprint density at radius 2 is 1.84 bits per heavy atom. The first-order valence-electron chi connectivity index (χ1n) is 6.78. The van der Waals surface area contributed by atoms with Crippen LogP contribution in [0.3, 0.4) is 0 Å². The van der Waals surface area contributed by atoms with Gasteiger partial charge in [0.2, 0.25) is 0 Å². The zero-order valence-electron chi connectivity index (χ0n) is 12.2. The molecule has 1 aromatic carbocycles. The van der Waals surface area contributed by atoms with Crippen molar-refractivity contribution in [3.05, 3.63) is 29.8 Å². The summed E-state index contributed by atoms with van der Waals surface area (Å²) in [6.07, 6.45) is 0.449. The highest BCUT2D eigenvalue weighted by Gasteiger charge is 2.18. The Bertz CT molecular complexity index is 399. The number of aliphatic hydroxyl groups is 1. The average molecular weight is 264 g/mol. The topological polar surface area (TPSA) is 52.6 Å². The van der Waals surface area contributed by atoms with E-state index < -0.39 is 6.10 Å². The van der Waals surface area contributed by atoms with Crippen LogP contribution in [0.15, 0.2) is 24.3 Å².